The summed E-state index contributed by atoms with van der Waals surface area (Å²) in [6.07, 6.45) is 5.88. The maximum absolute atomic E-state index is 13.2. The monoisotopic (exact) mass is 282 g/mol. The number of likely N-dealkylation sites (tertiary alicyclic amines) is 1. The summed E-state index contributed by atoms with van der Waals surface area (Å²) in [5, 5.41) is 0.507. The van der Waals surface area contributed by atoms with Crippen LogP contribution in [0.4, 0.5) is 4.39 Å². The molecule has 2 fully saturated rings. The van der Waals surface area contributed by atoms with Gasteiger partial charge in [-0.25, -0.2) is 4.39 Å². The van der Waals surface area contributed by atoms with Crippen LogP contribution in [0.5, 0.6) is 0 Å². The van der Waals surface area contributed by atoms with E-state index in [0.29, 0.717) is 11.1 Å². The van der Waals surface area contributed by atoms with E-state index >= 15 is 0 Å². The van der Waals surface area contributed by atoms with Crippen LogP contribution in [0.2, 0.25) is 5.02 Å². The van der Waals surface area contributed by atoms with E-state index in [1.807, 2.05) is 6.07 Å². The lowest BCUT2D eigenvalue weighted by atomic mass is 9.96. The zero-order chi connectivity index (χ0) is 13.4. The molecule has 2 aliphatic rings. The molecule has 0 radical (unpaired) electrons. The maximum Gasteiger partial charge on any atom is 0.124 e. The van der Waals surface area contributed by atoms with Gasteiger partial charge in [-0.05, 0) is 49.9 Å². The first-order valence-electron chi connectivity index (χ1n) is 7.13. The molecular formula is C15H20ClFN2. The Morgan fingerprint density at radius 1 is 1.21 bits per heavy atom. The third-order valence-corrected chi connectivity index (χ3v) is 4.59. The smallest absolute Gasteiger partial charge is 0.124 e. The van der Waals surface area contributed by atoms with Gasteiger partial charge in [0.1, 0.15) is 5.82 Å². The topological polar surface area (TPSA) is 29.3 Å². The van der Waals surface area contributed by atoms with Crippen LogP contribution in [-0.4, -0.2) is 23.5 Å². The van der Waals surface area contributed by atoms with Crippen LogP contribution in [0.3, 0.4) is 0 Å². The molecule has 1 aliphatic carbocycles. The zero-order valence-electron chi connectivity index (χ0n) is 11.0. The predicted octanol–water partition coefficient (Wildman–Crippen LogP) is 3.50. The van der Waals surface area contributed by atoms with Crippen LogP contribution in [0.1, 0.15) is 43.7 Å². The number of benzene rings is 1. The Morgan fingerprint density at radius 3 is 2.68 bits per heavy atom. The molecule has 4 heteroatoms. The van der Waals surface area contributed by atoms with Gasteiger partial charge >= 0.3 is 0 Å². The molecule has 0 bridgehead atoms. The molecule has 1 aromatic carbocycles. The van der Waals surface area contributed by atoms with Crippen molar-refractivity contribution in [2.45, 2.75) is 50.2 Å². The first kappa shape index (κ1) is 13.3. The fourth-order valence-corrected chi connectivity index (χ4v) is 3.46. The van der Waals surface area contributed by atoms with Gasteiger partial charge in [-0.1, -0.05) is 24.1 Å². The Balaban J connectivity index is 1.96. The fourth-order valence-electron chi connectivity index (χ4n) is 3.18. The summed E-state index contributed by atoms with van der Waals surface area (Å²) in [6, 6.07) is 5.58. The third kappa shape index (κ3) is 2.78. The molecule has 19 heavy (non-hydrogen) atoms. The number of halogens is 2. The first-order valence-corrected chi connectivity index (χ1v) is 7.51. The average Bonchev–Trinajstić information content (AvgIpc) is 3.17. The number of nitrogens with zero attached hydrogens (tertiary/aromatic N) is 1. The number of hydrogen-bond donors (Lipinski definition) is 1. The van der Waals surface area contributed by atoms with E-state index in [-0.39, 0.29) is 17.9 Å². The zero-order valence-corrected chi connectivity index (χ0v) is 11.7. The molecule has 1 heterocycles. The number of hydrogen-bond acceptors (Lipinski definition) is 2. The van der Waals surface area contributed by atoms with E-state index in [1.165, 1.54) is 37.8 Å². The molecule has 2 N–H and O–H groups in total. The largest absolute Gasteiger partial charge is 0.326 e. The van der Waals surface area contributed by atoms with E-state index in [1.54, 1.807) is 0 Å². The molecule has 1 aromatic rings. The van der Waals surface area contributed by atoms with Gasteiger partial charge in [-0.15, -0.1) is 0 Å². The molecule has 1 aliphatic heterocycles. The molecule has 1 saturated heterocycles. The SMILES string of the molecule is NC1CCCCN(C2CC2)C1c1ccc(F)cc1Cl. The highest BCUT2D eigenvalue weighted by molar-refractivity contribution is 6.31. The average molecular weight is 283 g/mol. The molecule has 2 atom stereocenters. The van der Waals surface area contributed by atoms with Crippen molar-refractivity contribution in [1.82, 2.24) is 4.90 Å². The highest BCUT2D eigenvalue weighted by atomic mass is 35.5. The van der Waals surface area contributed by atoms with Gasteiger partial charge in [-0.3, -0.25) is 4.90 Å². The van der Waals surface area contributed by atoms with E-state index in [0.717, 1.165) is 18.5 Å². The quantitative estimate of drug-likeness (QED) is 0.900. The molecule has 0 aromatic heterocycles. The lowest BCUT2D eigenvalue weighted by Gasteiger charge is -2.34. The minimum Gasteiger partial charge on any atom is -0.326 e. The van der Waals surface area contributed by atoms with E-state index in [9.17, 15) is 4.39 Å². The second-order valence-electron chi connectivity index (χ2n) is 5.74. The Labute approximate surface area is 118 Å². The normalized spacial score (nSPS) is 29.2. The Hall–Kier alpha value is -0.640. The van der Waals surface area contributed by atoms with Gasteiger partial charge in [0.15, 0.2) is 0 Å². The van der Waals surface area contributed by atoms with Crippen molar-refractivity contribution in [3.63, 3.8) is 0 Å². The maximum atomic E-state index is 13.2. The van der Waals surface area contributed by atoms with Gasteiger partial charge in [0, 0.05) is 17.1 Å². The summed E-state index contributed by atoms with van der Waals surface area (Å²) in [7, 11) is 0. The first-order chi connectivity index (χ1) is 9.16. The minimum absolute atomic E-state index is 0.0889. The number of nitrogens with two attached hydrogens (primary N) is 1. The van der Waals surface area contributed by atoms with Crippen LogP contribution in [0.25, 0.3) is 0 Å². The summed E-state index contributed by atoms with van der Waals surface area (Å²) >= 11 is 6.25. The molecule has 0 amide bonds. The van der Waals surface area contributed by atoms with Crippen molar-refractivity contribution in [3.8, 4) is 0 Å². The van der Waals surface area contributed by atoms with Gasteiger partial charge in [-0.2, -0.15) is 0 Å². The van der Waals surface area contributed by atoms with Crippen molar-refractivity contribution in [1.29, 1.82) is 0 Å². The van der Waals surface area contributed by atoms with Gasteiger partial charge in [0.25, 0.3) is 0 Å². The predicted molar refractivity (Wildman–Crippen MR) is 75.7 cm³/mol. The van der Waals surface area contributed by atoms with Crippen molar-refractivity contribution in [2.75, 3.05) is 6.54 Å². The van der Waals surface area contributed by atoms with Gasteiger partial charge in [0.05, 0.1) is 6.04 Å². The Kier molecular flexibility index (Phi) is 3.79. The fraction of sp³-hybridized carbons (Fsp3) is 0.600. The summed E-state index contributed by atoms with van der Waals surface area (Å²) in [5.41, 5.74) is 7.37. The number of rotatable bonds is 2. The Morgan fingerprint density at radius 2 is 2.00 bits per heavy atom. The van der Waals surface area contributed by atoms with Gasteiger partial charge in [0.2, 0.25) is 0 Å². The van der Waals surface area contributed by atoms with Crippen LogP contribution in [0, 0.1) is 5.82 Å². The van der Waals surface area contributed by atoms with E-state index in [4.69, 9.17) is 17.3 Å². The lowest BCUT2D eigenvalue weighted by Crippen LogP contribution is -2.41. The molecule has 104 valence electrons. The van der Waals surface area contributed by atoms with Gasteiger partial charge < -0.3 is 5.73 Å². The summed E-state index contributed by atoms with van der Waals surface area (Å²) in [5.74, 6) is -0.283. The van der Waals surface area contributed by atoms with E-state index < -0.39 is 0 Å². The molecule has 0 spiro atoms. The van der Waals surface area contributed by atoms with Crippen molar-refractivity contribution >= 4 is 11.6 Å². The highest BCUT2D eigenvalue weighted by Crippen LogP contribution is 2.40. The highest BCUT2D eigenvalue weighted by Gasteiger charge is 2.38. The van der Waals surface area contributed by atoms with Crippen LogP contribution < -0.4 is 5.73 Å². The van der Waals surface area contributed by atoms with Crippen LogP contribution >= 0.6 is 11.6 Å². The summed E-state index contributed by atoms with van der Waals surface area (Å²) in [4.78, 5) is 2.50. The van der Waals surface area contributed by atoms with Crippen molar-refractivity contribution in [3.05, 3.63) is 34.6 Å². The van der Waals surface area contributed by atoms with E-state index in [2.05, 4.69) is 4.90 Å². The summed E-state index contributed by atoms with van der Waals surface area (Å²) in [6.45, 7) is 1.08. The van der Waals surface area contributed by atoms with Crippen LogP contribution in [-0.2, 0) is 0 Å². The summed E-state index contributed by atoms with van der Waals surface area (Å²) < 4.78 is 13.2. The second kappa shape index (κ2) is 5.39. The standard InChI is InChI=1S/C15H20ClFN2/c16-13-9-10(17)4-7-12(13)15-14(18)3-1-2-8-19(15)11-5-6-11/h4,7,9,11,14-15H,1-3,5-6,8,18H2. The molecule has 2 nitrogen and oxygen atoms in total. The molecular weight excluding hydrogens is 263 g/mol. The molecule has 2 unspecified atom stereocenters. The van der Waals surface area contributed by atoms with Crippen molar-refractivity contribution in [2.24, 2.45) is 5.73 Å². The van der Waals surface area contributed by atoms with Crippen LogP contribution in [0.15, 0.2) is 18.2 Å². The molecule has 3 rings (SSSR count). The van der Waals surface area contributed by atoms with Crippen molar-refractivity contribution < 1.29 is 4.39 Å². The molecule has 1 saturated carbocycles. The Bertz CT molecular complexity index is 461. The minimum atomic E-state index is -0.283. The lowest BCUT2D eigenvalue weighted by molar-refractivity contribution is 0.175. The second-order valence-corrected chi connectivity index (χ2v) is 6.15. The third-order valence-electron chi connectivity index (χ3n) is 4.26.